The molecule has 3 aromatic rings. The lowest BCUT2D eigenvalue weighted by Gasteiger charge is -2.16. The number of hydrogen-bond donors (Lipinski definition) is 1. The van der Waals surface area contributed by atoms with Gasteiger partial charge in [-0.1, -0.05) is 44.2 Å². The van der Waals surface area contributed by atoms with Crippen molar-refractivity contribution in [2.24, 2.45) is 0 Å². The fourth-order valence-corrected chi connectivity index (χ4v) is 3.81. The van der Waals surface area contributed by atoms with Gasteiger partial charge in [0.25, 0.3) is 11.7 Å². The van der Waals surface area contributed by atoms with E-state index in [9.17, 15) is 4.79 Å². The van der Waals surface area contributed by atoms with Crippen molar-refractivity contribution in [3.05, 3.63) is 59.7 Å². The van der Waals surface area contributed by atoms with Gasteiger partial charge in [-0.05, 0) is 36.4 Å². The van der Waals surface area contributed by atoms with E-state index in [4.69, 9.17) is 0 Å². The first-order chi connectivity index (χ1) is 13.6. The first-order valence-electron chi connectivity index (χ1n) is 9.88. The molecule has 3 heterocycles. The maximum Gasteiger partial charge on any atom is 0.270 e. The van der Waals surface area contributed by atoms with E-state index in [1.165, 1.54) is 18.3 Å². The second kappa shape index (κ2) is 8.06. The molecule has 0 radical (unpaired) electrons. The molecule has 1 fully saturated rings. The van der Waals surface area contributed by atoms with Gasteiger partial charge in [0.15, 0.2) is 0 Å². The van der Waals surface area contributed by atoms with Crippen molar-refractivity contribution in [1.29, 1.82) is 0 Å². The van der Waals surface area contributed by atoms with Gasteiger partial charge < -0.3 is 10.2 Å². The molecule has 0 saturated carbocycles. The number of hydrogen-bond acceptors (Lipinski definition) is 5. The van der Waals surface area contributed by atoms with Crippen molar-refractivity contribution in [3.8, 4) is 0 Å². The first kappa shape index (κ1) is 18.6. The van der Waals surface area contributed by atoms with Crippen LogP contribution in [0.3, 0.4) is 0 Å². The molecular formula is C21H26N6O. The summed E-state index contributed by atoms with van der Waals surface area (Å²) in [5, 5.41) is 7.19. The summed E-state index contributed by atoms with van der Waals surface area (Å²) >= 11 is 0. The highest BCUT2D eigenvalue weighted by molar-refractivity contribution is 5.92. The van der Waals surface area contributed by atoms with Gasteiger partial charge in [-0.2, -0.15) is 10.1 Å². The Morgan fingerprint density at radius 3 is 2.89 bits per heavy atom. The predicted octanol–water partition coefficient (Wildman–Crippen LogP) is 2.47. The zero-order valence-electron chi connectivity index (χ0n) is 16.4. The van der Waals surface area contributed by atoms with Gasteiger partial charge in [-0.25, -0.2) is 9.50 Å². The lowest BCUT2D eigenvalue weighted by atomic mass is 9.99. The van der Waals surface area contributed by atoms with E-state index in [2.05, 4.69) is 69.5 Å². The zero-order chi connectivity index (χ0) is 19.5. The highest BCUT2D eigenvalue weighted by Crippen LogP contribution is 2.26. The average Bonchev–Trinajstić information content (AvgIpc) is 3.37. The summed E-state index contributed by atoms with van der Waals surface area (Å²) in [6, 6.07) is 12.5. The highest BCUT2D eigenvalue weighted by atomic mass is 16.1. The molecule has 1 saturated heterocycles. The lowest BCUT2D eigenvalue weighted by Crippen LogP contribution is -2.34. The van der Waals surface area contributed by atoms with E-state index in [0.29, 0.717) is 23.9 Å². The van der Waals surface area contributed by atoms with Gasteiger partial charge in [0.2, 0.25) is 0 Å². The third kappa shape index (κ3) is 3.89. The maximum atomic E-state index is 12.6. The van der Waals surface area contributed by atoms with Crippen LogP contribution in [-0.4, -0.2) is 56.6 Å². The van der Waals surface area contributed by atoms with Crippen molar-refractivity contribution in [3.63, 3.8) is 0 Å². The SMILES string of the molecule is CC(C)c1cc(C(=O)NCCN2CC[C@H](c3ccccc3)C2)nc2ncnn12. The van der Waals surface area contributed by atoms with Crippen molar-refractivity contribution in [2.45, 2.75) is 32.1 Å². The molecule has 146 valence electrons. The summed E-state index contributed by atoms with van der Waals surface area (Å²) in [7, 11) is 0. The van der Waals surface area contributed by atoms with E-state index in [0.717, 1.165) is 25.3 Å². The van der Waals surface area contributed by atoms with E-state index in [1.807, 2.05) is 6.07 Å². The lowest BCUT2D eigenvalue weighted by molar-refractivity contribution is 0.0944. The number of likely N-dealkylation sites (tertiary alicyclic amines) is 1. The standard InChI is InChI=1S/C21H26N6O/c1-15(2)19-12-18(25-21-23-14-24-27(19)21)20(28)22-9-11-26-10-8-17(13-26)16-6-4-3-5-7-16/h3-7,12,14-15,17H,8-11,13H2,1-2H3,(H,22,28)/t17-/m0/s1. The van der Waals surface area contributed by atoms with Crippen LogP contribution in [0.15, 0.2) is 42.7 Å². The molecule has 1 N–H and O–H groups in total. The fraction of sp³-hybridized carbons (Fsp3) is 0.429. The molecule has 1 atom stereocenters. The zero-order valence-corrected chi connectivity index (χ0v) is 16.4. The number of benzene rings is 1. The molecule has 0 unspecified atom stereocenters. The average molecular weight is 378 g/mol. The van der Waals surface area contributed by atoms with Crippen molar-refractivity contribution in [1.82, 2.24) is 29.8 Å². The summed E-state index contributed by atoms with van der Waals surface area (Å²) in [6.07, 6.45) is 2.63. The minimum Gasteiger partial charge on any atom is -0.349 e. The molecule has 2 aromatic heterocycles. The molecule has 0 aliphatic carbocycles. The summed E-state index contributed by atoms with van der Waals surface area (Å²) in [5.41, 5.74) is 2.73. The molecule has 7 nitrogen and oxygen atoms in total. The van der Waals surface area contributed by atoms with E-state index in [1.54, 1.807) is 4.52 Å². The molecule has 1 aromatic carbocycles. The van der Waals surface area contributed by atoms with Gasteiger partial charge in [0.05, 0.1) is 5.69 Å². The molecule has 1 amide bonds. The Bertz CT molecular complexity index is 952. The van der Waals surface area contributed by atoms with Crippen molar-refractivity contribution in [2.75, 3.05) is 26.2 Å². The Labute approximate surface area is 164 Å². The van der Waals surface area contributed by atoms with Crippen LogP contribution in [0.1, 0.15) is 53.8 Å². The van der Waals surface area contributed by atoms with Crippen LogP contribution in [0.2, 0.25) is 0 Å². The molecule has 4 rings (SSSR count). The number of aromatic nitrogens is 4. The summed E-state index contributed by atoms with van der Waals surface area (Å²) in [5.74, 6) is 1.11. The highest BCUT2D eigenvalue weighted by Gasteiger charge is 2.23. The van der Waals surface area contributed by atoms with Crippen LogP contribution < -0.4 is 5.32 Å². The smallest absolute Gasteiger partial charge is 0.270 e. The van der Waals surface area contributed by atoms with Crippen LogP contribution in [0.4, 0.5) is 0 Å². The predicted molar refractivity (Wildman–Crippen MR) is 107 cm³/mol. The minimum atomic E-state index is -0.161. The van der Waals surface area contributed by atoms with Crippen molar-refractivity contribution >= 4 is 11.7 Å². The van der Waals surface area contributed by atoms with Crippen molar-refractivity contribution < 1.29 is 4.79 Å². The number of nitrogens with zero attached hydrogens (tertiary/aromatic N) is 5. The normalized spacial score (nSPS) is 17.5. The number of fused-ring (bicyclic) bond motifs is 1. The van der Waals surface area contributed by atoms with Gasteiger partial charge >= 0.3 is 0 Å². The van der Waals surface area contributed by atoms with Gasteiger partial charge in [0, 0.05) is 19.6 Å². The number of amides is 1. The minimum absolute atomic E-state index is 0.161. The van der Waals surface area contributed by atoms with Gasteiger partial charge in [0.1, 0.15) is 12.0 Å². The third-order valence-electron chi connectivity index (χ3n) is 5.36. The number of carbonyl (C=O) groups is 1. The monoisotopic (exact) mass is 378 g/mol. The summed E-state index contributed by atoms with van der Waals surface area (Å²) in [4.78, 5) is 23.5. The molecule has 1 aliphatic heterocycles. The topological polar surface area (TPSA) is 75.4 Å². The molecule has 0 bridgehead atoms. The van der Waals surface area contributed by atoms with Crippen LogP contribution in [0.25, 0.3) is 5.78 Å². The van der Waals surface area contributed by atoms with Gasteiger partial charge in [-0.3, -0.25) is 4.79 Å². The Kier molecular flexibility index (Phi) is 5.34. The summed E-state index contributed by atoms with van der Waals surface area (Å²) < 4.78 is 1.69. The van der Waals surface area contributed by atoms with E-state index in [-0.39, 0.29) is 11.8 Å². The third-order valence-corrected chi connectivity index (χ3v) is 5.36. The van der Waals surface area contributed by atoms with Crippen LogP contribution in [0.5, 0.6) is 0 Å². The molecule has 7 heteroatoms. The fourth-order valence-electron chi connectivity index (χ4n) is 3.81. The number of carbonyl (C=O) groups excluding carboxylic acids is 1. The van der Waals surface area contributed by atoms with E-state index < -0.39 is 0 Å². The molecule has 28 heavy (non-hydrogen) atoms. The number of nitrogens with one attached hydrogen (secondary N) is 1. The Balaban J connectivity index is 1.33. The molecule has 0 spiro atoms. The van der Waals surface area contributed by atoms with Crippen LogP contribution in [-0.2, 0) is 0 Å². The summed E-state index contributed by atoms with van der Waals surface area (Å²) in [6.45, 7) is 7.69. The van der Waals surface area contributed by atoms with E-state index >= 15 is 0 Å². The van der Waals surface area contributed by atoms with Crippen LogP contribution >= 0.6 is 0 Å². The number of rotatable bonds is 6. The second-order valence-corrected chi connectivity index (χ2v) is 7.65. The maximum absolute atomic E-state index is 12.6. The molecular weight excluding hydrogens is 352 g/mol. The van der Waals surface area contributed by atoms with Gasteiger partial charge in [-0.15, -0.1) is 0 Å². The Morgan fingerprint density at radius 1 is 1.29 bits per heavy atom. The first-order valence-corrected chi connectivity index (χ1v) is 9.88. The second-order valence-electron chi connectivity index (χ2n) is 7.65. The quantitative estimate of drug-likeness (QED) is 0.713. The molecule has 1 aliphatic rings. The largest absolute Gasteiger partial charge is 0.349 e. The van der Waals surface area contributed by atoms with Crippen LogP contribution in [0, 0.1) is 0 Å². The Hall–Kier alpha value is -2.80. The Morgan fingerprint density at radius 2 is 2.11 bits per heavy atom.